The fraction of sp³-hybridized carbons (Fsp3) is 0.250. The van der Waals surface area contributed by atoms with Crippen molar-refractivity contribution >= 4 is 29.4 Å². The predicted molar refractivity (Wildman–Crippen MR) is 138 cm³/mol. The van der Waals surface area contributed by atoms with E-state index in [0.717, 1.165) is 23.1 Å². The largest absolute Gasteiger partial charge is 0.417 e. The lowest BCUT2D eigenvalue weighted by molar-refractivity contribution is -0.138. The Labute approximate surface area is 235 Å². The summed E-state index contributed by atoms with van der Waals surface area (Å²) in [6, 6.07) is 11.9. The Morgan fingerprint density at radius 2 is 1.61 bits per heavy atom. The van der Waals surface area contributed by atoms with Gasteiger partial charge in [-0.05, 0) is 41.5 Å². The van der Waals surface area contributed by atoms with Gasteiger partial charge in [-0.1, -0.05) is 54.1 Å². The van der Waals surface area contributed by atoms with Gasteiger partial charge in [-0.25, -0.2) is 4.79 Å². The van der Waals surface area contributed by atoms with Gasteiger partial charge < -0.3 is 10.2 Å². The molecule has 2 atom stereocenters. The van der Waals surface area contributed by atoms with Crippen LogP contribution >= 0.6 is 11.6 Å². The van der Waals surface area contributed by atoms with E-state index in [1.165, 1.54) is 41.3 Å². The van der Waals surface area contributed by atoms with Crippen LogP contribution in [0.5, 0.6) is 0 Å². The van der Waals surface area contributed by atoms with Crippen LogP contribution in [-0.4, -0.2) is 47.2 Å². The monoisotopic (exact) mass is 594 g/mol. The minimum atomic E-state index is -4.81. The zero-order chi connectivity index (χ0) is 29.5. The Morgan fingerprint density at radius 3 is 2.24 bits per heavy atom. The number of carbonyl (C=O) groups excluding carboxylic acids is 2. The van der Waals surface area contributed by atoms with E-state index in [1.54, 1.807) is 18.2 Å². The number of hydrogen-bond donors (Lipinski definition) is 1. The Balaban J connectivity index is 1.72. The summed E-state index contributed by atoms with van der Waals surface area (Å²) in [4.78, 5) is 33.0. The molecule has 2 aliphatic heterocycles. The number of rotatable bonds is 3. The van der Waals surface area contributed by atoms with Gasteiger partial charge in [0.2, 0.25) is 5.91 Å². The van der Waals surface area contributed by atoms with Crippen LogP contribution in [0.15, 0.2) is 77.8 Å². The average Bonchev–Trinajstić information content (AvgIpc) is 3.32. The zero-order valence-corrected chi connectivity index (χ0v) is 21.8. The highest BCUT2D eigenvalue weighted by Crippen LogP contribution is 2.46. The van der Waals surface area contributed by atoms with Crippen LogP contribution in [0, 0.1) is 0 Å². The molecule has 3 aromatic rings. The number of urea groups is 1. The molecule has 0 aromatic heterocycles. The summed E-state index contributed by atoms with van der Waals surface area (Å²) in [7, 11) is 0. The first-order valence-electron chi connectivity index (χ1n) is 12.4. The summed E-state index contributed by atoms with van der Waals surface area (Å²) in [5.41, 5.74) is -1.74. The molecule has 1 N–H and O–H groups in total. The minimum Gasteiger partial charge on any atom is -0.353 e. The second-order valence-corrected chi connectivity index (χ2v) is 9.92. The van der Waals surface area contributed by atoms with Crippen molar-refractivity contribution in [3.63, 3.8) is 0 Å². The molecule has 0 bridgehead atoms. The molecule has 0 aliphatic carbocycles. The van der Waals surface area contributed by atoms with Crippen LogP contribution in [-0.2, 0) is 17.1 Å². The van der Waals surface area contributed by atoms with Crippen LogP contribution in [0.2, 0.25) is 5.02 Å². The number of hydrogen-bond acceptors (Lipinski definition) is 3. The molecule has 3 amide bonds. The molecular formula is C28H21ClF6N4O2. The number of carbonyl (C=O) groups is 2. The van der Waals surface area contributed by atoms with Crippen molar-refractivity contribution in [2.24, 2.45) is 4.99 Å². The van der Waals surface area contributed by atoms with Gasteiger partial charge in [0.15, 0.2) is 0 Å². The van der Waals surface area contributed by atoms with E-state index in [4.69, 9.17) is 11.6 Å². The van der Waals surface area contributed by atoms with E-state index in [1.807, 2.05) is 0 Å². The standard InChI is InChI=1S/C28H21ClF6N4O2/c29-19-5-3-4-17(14-19)24-23(16-8-10-18(11-9-16)27(30,31)32)37-25(20-6-1-2-7-21(20)28(33,34)35)39(24)26(41)38-13-12-36-22(40)15-38/h1-11,14,23-24H,12-13,15H2,(H,36,40). The summed E-state index contributed by atoms with van der Waals surface area (Å²) in [5, 5.41) is 2.86. The number of piperazine rings is 1. The van der Waals surface area contributed by atoms with Gasteiger partial charge in [-0.3, -0.25) is 14.7 Å². The quantitative estimate of drug-likeness (QED) is 0.353. The maximum Gasteiger partial charge on any atom is 0.417 e. The van der Waals surface area contributed by atoms with Gasteiger partial charge in [-0.2, -0.15) is 26.3 Å². The SMILES string of the molecule is O=C1CN(C(=O)N2C(c3ccccc3C(F)(F)F)=NC(c3ccc(C(F)(F)F)cc3)C2c2cccc(Cl)c2)CCN1. The van der Waals surface area contributed by atoms with Crippen molar-refractivity contribution in [1.29, 1.82) is 0 Å². The van der Waals surface area contributed by atoms with E-state index in [2.05, 4.69) is 10.3 Å². The van der Waals surface area contributed by atoms with Gasteiger partial charge >= 0.3 is 18.4 Å². The Bertz CT molecular complexity index is 1510. The molecule has 13 heteroatoms. The topological polar surface area (TPSA) is 65.0 Å². The fourth-order valence-corrected chi connectivity index (χ4v) is 5.17. The van der Waals surface area contributed by atoms with Crippen molar-refractivity contribution in [3.05, 3.63) is 106 Å². The van der Waals surface area contributed by atoms with Crippen molar-refractivity contribution in [2.75, 3.05) is 19.6 Å². The molecule has 0 saturated carbocycles. The maximum absolute atomic E-state index is 14.1. The van der Waals surface area contributed by atoms with Crippen molar-refractivity contribution in [1.82, 2.24) is 15.1 Å². The summed E-state index contributed by atoms with van der Waals surface area (Å²) >= 11 is 6.24. The lowest BCUT2D eigenvalue weighted by Gasteiger charge is -2.36. The third kappa shape index (κ3) is 5.74. The average molecular weight is 595 g/mol. The lowest BCUT2D eigenvalue weighted by Crippen LogP contribution is -2.55. The Kier molecular flexibility index (Phi) is 7.45. The fourth-order valence-electron chi connectivity index (χ4n) is 4.97. The van der Waals surface area contributed by atoms with Crippen LogP contribution in [0.3, 0.4) is 0 Å². The van der Waals surface area contributed by atoms with E-state index < -0.39 is 53.1 Å². The summed E-state index contributed by atoms with van der Waals surface area (Å²) in [6.07, 6.45) is -9.42. The molecule has 1 fully saturated rings. The van der Waals surface area contributed by atoms with Gasteiger partial charge in [0.25, 0.3) is 0 Å². The molecule has 0 spiro atoms. The first-order chi connectivity index (χ1) is 19.3. The van der Waals surface area contributed by atoms with E-state index in [0.29, 0.717) is 5.56 Å². The second-order valence-electron chi connectivity index (χ2n) is 9.48. The number of alkyl halides is 6. The Hall–Kier alpha value is -4.06. The van der Waals surface area contributed by atoms with Crippen molar-refractivity contribution in [2.45, 2.75) is 24.4 Å². The highest BCUT2D eigenvalue weighted by molar-refractivity contribution is 6.30. The van der Waals surface area contributed by atoms with Crippen molar-refractivity contribution < 1.29 is 35.9 Å². The first-order valence-corrected chi connectivity index (χ1v) is 12.7. The molecule has 2 unspecified atom stereocenters. The summed E-state index contributed by atoms with van der Waals surface area (Å²) in [6.45, 7) is -0.118. The van der Waals surface area contributed by atoms with E-state index in [-0.39, 0.29) is 36.1 Å². The molecule has 1 saturated heterocycles. The lowest BCUT2D eigenvalue weighted by atomic mass is 9.93. The third-order valence-corrected chi connectivity index (χ3v) is 7.06. The molecule has 2 aliphatic rings. The zero-order valence-electron chi connectivity index (χ0n) is 21.0. The normalized spacial score (nSPS) is 19.7. The Morgan fingerprint density at radius 1 is 0.902 bits per heavy atom. The van der Waals surface area contributed by atoms with E-state index >= 15 is 0 Å². The van der Waals surface area contributed by atoms with Gasteiger partial charge in [-0.15, -0.1) is 0 Å². The molecule has 3 aromatic carbocycles. The van der Waals surface area contributed by atoms with Crippen molar-refractivity contribution in [3.8, 4) is 0 Å². The molecule has 5 rings (SSSR count). The smallest absolute Gasteiger partial charge is 0.353 e. The minimum absolute atomic E-state index is 0.0858. The molecule has 2 heterocycles. The van der Waals surface area contributed by atoms with Gasteiger partial charge in [0.1, 0.15) is 18.4 Å². The molecule has 0 radical (unpaired) electrons. The van der Waals surface area contributed by atoms with Gasteiger partial charge in [0, 0.05) is 23.7 Å². The third-order valence-electron chi connectivity index (χ3n) is 6.82. The number of amidine groups is 1. The number of halogens is 7. The van der Waals surface area contributed by atoms with Gasteiger partial charge in [0.05, 0.1) is 17.2 Å². The highest BCUT2D eigenvalue weighted by atomic mass is 35.5. The van der Waals surface area contributed by atoms with E-state index in [9.17, 15) is 35.9 Å². The molecule has 6 nitrogen and oxygen atoms in total. The number of nitrogens with one attached hydrogen (secondary N) is 1. The molecule has 41 heavy (non-hydrogen) atoms. The number of nitrogens with zero attached hydrogens (tertiary/aromatic N) is 3. The number of benzene rings is 3. The molecular weight excluding hydrogens is 574 g/mol. The van der Waals surface area contributed by atoms with Crippen LogP contribution in [0.4, 0.5) is 31.1 Å². The predicted octanol–water partition coefficient (Wildman–Crippen LogP) is 6.47. The number of aliphatic imine (C=N–C) groups is 1. The highest BCUT2D eigenvalue weighted by Gasteiger charge is 2.47. The summed E-state index contributed by atoms with van der Waals surface area (Å²) in [5.74, 6) is -0.777. The summed E-state index contributed by atoms with van der Waals surface area (Å²) < 4.78 is 82.3. The second kappa shape index (κ2) is 10.7. The maximum atomic E-state index is 14.1. The first kappa shape index (κ1) is 28.5. The van der Waals surface area contributed by atoms with Crippen LogP contribution in [0.1, 0.15) is 39.9 Å². The number of amides is 3. The molecule has 214 valence electrons. The van der Waals surface area contributed by atoms with Crippen LogP contribution < -0.4 is 5.32 Å². The van der Waals surface area contributed by atoms with Crippen LogP contribution in [0.25, 0.3) is 0 Å².